The topological polar surface area (TPSA) is 15.3 Å². The summed E-state index contributed by atoms with van der Waals surface area (Å²) in [6, 6.07) is 9.90. The average Bonchev–Trinajstić information content (AvgIpc) is 2.48. The largest absolute Gasteiger partial charge is 0.316 e. The molecule has 0 amide bonds. The van der Waals surface area contributed by atoms with Gasteiger partial charge in [0.05, 0.1) is 0 Å². The third-order valence-corrected chi connectivity index (χ3v) is 5.86. The van der Waals surface area contributed by atoms with Gasteiger partial charge in [-0.25, -0.2) is 0 Å². The van der Waals surface area contributed by atoms with Crippen molar-refractivity contribution in [3.05, 3.63) is 35.4 Å². The molecule has 0 bridgehead atoms. The molecule has 1 N–H and O–H groups in total. The zero-order chi connectivity index (χ0) is 14.9. The molecule has 1 spiro atoms. The molecule has 2 aliphatic heterocycles. The number of hydrogen-bond acceptors (Lipinski definition) is 2. The van der Waals surface area contributed by atoms with E-state index in [0.29, 0.717) is 17.4 Å². The Morgan fingerprint density at radius 3 is 2.62 bits per heavy atom. The maximum atomic E-state index is 3.64. The van der Waals surface area contributed by atoms with Crippen LogP contribution in [0.4, 0.5) is 0 Å². The number of piperidine rings is 2. The van der Waals surface area contributed by atoms with E-state index in [0.717, 1.165) is 6.54 Å². The maximum Gasteiger partial charge on any atom is 0.00385 e. The van der Waals surface area contributed by atoms with Crippen molar-refractivity contribution in [2.75, 3.05) is 26.2 Å². The van der Waals surface area contributed by atoms with Crippen molar-refractivity contribution < 1.29 is 0 Å². The van der Waals surface area contributed by atoms with Gasteiger partial charge in [-0.15, -0.1) is 0 Å². The number of benzene rings is 1. The third kappa shape index (κ3) is 3.02. The van der Waals surface area contributed by atoms with E-state index >= 15 is 0 Å². The summed E-state index contributed by atoms with van der Waals surface area (Å²) in [5.74, 6) is 0.695. The van der Waals surface area contributed by atoms with Crippen LogP contribution in [0.3, 0.4) is 0 Å². The van der Waals surface area contributed by atoms with Gasteiger partial charge in [-0.3, -0.25) is 0 Å². The van der Waals surface area contributed by atoms with E-state index < -0.39 is 0 Å². The van der Waals surface area contributed by atoms with Gasteiger partial charge in [-0.2, -0.15) is 0 Å². The summed E-state index contributed by atoms with van der Waals surface area (Å²) in [6.07, 6.45) is 4.08. The van der Waals surface area contributed by atoms with E-state index in [4.69, 9.17) is 0 Å². The predicted octanol–water partition coefficient (Wildman–Crippen LogP) is 3.56. The van der Waals surface area contributed by atoms with Crippen LogP contribution in [-0.4, -0.2) is 37.1 Å². The van der Waals surface area contributed by atoms with Crippen molar-refractivity contribution in [2.45, 2.75) is 52.0 Å². The predicted molar refractivity (Wildman–Crippen MR) is 89.8 cm³/mol. The lowest BCUT2D eigenvalue weighted by Gasteiger charge is -2.50. The minimum absolute atomic E-state index is 0.532. The highest BCUT2D eigenvalue weighted by Gasteiger charge is 2.43. The van der Waals surface area contributed by atoms with Gasteiger partial charge in [0, 0.05) is 18.5 Å². The zero-order valence-corrected chi connectivity index (χ0v) is 13.9. The van der Waals surface area contributed by atoms with Crippen LogP contribution in [0.25, 0.3) is 0 Å². The fraction of sp³-hybridized carbons (Fsp3) is 0.684. The molecular weight excluding hydrogens is 256 g/mol. The summed E-state index contributed by atoms with van der Waals surface area (Å²) in [6.45, 7) is 11.8. The Labute approximate surface area is 129 Å². The lowest BCUT2D eigenvalue weighted by atomic mass is 9.62. The lowest BCUT2D eigenvalue weighted by Crippen LogP contribution is -2.51. The lowest BCUT2D eigenvalue weighted by molar-refractivity contribution is 0.0406. The minimum Gasteiger partial charge on any atom is -0.316 e. The first kappa shape index (κ1) is 15.1. The molecule has 0 aromatic heterocycles. The molecule has 0 radical (unpaired) electrons. The molecular formula is C19H30N2. The van der Waals surface area contributed by atoms with E-state index in [1.54, 1.807) is 5.56 Å². The monoisotopic (exact) mass is 286 g/mol. The second-order valence-electron chi connectivity index (χ2n) is 7.41. The van der Waals surface area contributed by atoms with Crippen molar-refractivity contribution in [1.82, 2.24) is 10.2 Å². The molecule has 1 atom stereocenters. The Balaban J connectivity index is 1.82. The molecule has 3 rings (SSSR count). The van der Waals surface area contributed by atoms with Crippen LogP contribution in [0.5, 0.6) is 0 Å². The summed E-state index contributed by atoms with van der Waals surface area (Å²) in [7, 11) is 0. The first-order valence-corrected chi connectivity index (χ1v) is 8.62. The van der Waals surface area contributed by atoms with Crippen molar-refractivity contribution in [2.24, 2.45) is 5.41 Å². The molecule has 2 nitrogen and oxygen atoms in total. The number of likely N-dealkylation sites (tertiary alicyclic amines) is 1. The van der Waals surface area contributed by atoms with Crippen LogP contribution >= 0.6 is 0 Å². The fourth-order valence-electron chi connectivity index (χ4n) is 4.42. The van der Waals surface area contributed by atoms with E-state index in [1.807, 2.05) is 0 Å². The maximum absolute atomic E-state index is 3.64. The zero-order valence-electron chi connectivity index (χ0n) is 13.9. The number of rotatable bonds is 2. The van der Waals surface area contributed by atoms with Crippen molar-refractivity contribution >= 4 is 0 Å². The van der Waals surface area contributed by atoms with Gasteiger partial charge in [0.15, 0.2) is 0 Å². The third-order valence-electron chi connectivity index (χ3n) is 5.86. The summed E-state index contributed by atoms with van der Waals surface area (Å²) >= 11 is 0. The smallest absolute Gasteiger partial charge is 0.00385 e. The molecule has 0 saturated carbocycles. The highest BCUT2D eigenvalue weighted by atomic mass is 15.2. The molecule has 0 aliphatic carbocycles. The number of nitrogens with one attached hydrogen (secondary N) is 1. The van der Waals surface area contributed by atoms with Crippen molar-refractivity contribution in [1.29, 1.82) is 0 Å². The molecule has 2 aliphatic rings. The standard InChI is InChI=1S/C19H30N2/c1-15(2)21-11-8-19(9-12-21)7-10-20-14-18(19)17-6-4-5-16(3)13-17/h4-6,13,15,18,20H,7-12,14H2,1-3H3. The Kier molecular flexibility index (Phi) is 4.37. The Morgan fingerprint density at radius 2 is 1.95 bits per heavy atom. The Hall–Kier alpha value is -0.860. The SMILES string of the molecule is Cc1cccc(C2CNCCC23CCN(C(C)C)CC3)c1. The van der Waals surface area contributed by atoms with Gasteiger partial charge in [-0.1, -0.05) is 29.8 Å². The molecule has 2 heteroatoms. The fourth-order valence-corrected chi connectivity index (χ4v) is 4.42. The highest BCUT2D eigenvalue weighted by Crippen LogP contribution is 2.48. The highest BCUT2D eigenvalue weighted by molar-refractivity contribution is 5.28. The van der Waals surface area contributed by atoms with E-state index in [2.05, 4.69) is 55.3 Å². The second-order valence-corrected chi connectivity index (χ2v) is 7.41. The molecule has 2 fully saturated rings. The quantitative estimate of drug-likeness (QED) is 0.894. The van der Waals surface area contributed by atoms with Gasteiger partial charge in [0.2, 0.25) is 0 Å². The van der Waals surface area contributed by atoms with Gasteiger partial charge >= 0.3 is 0 Å². The van der Waals surface area contributed by atoms with Crippen LogP contribution in [0.1, 0.15) is 50.2 Å². The van der Waals surface area contributed by atoms with Crippen LogP contribution in [-0.2, 0) is 0 Å². The molecule has 116 valence electrons. The van der Waals surface area contributed by atoms with E-state index in [1.165, 1.54) is 44.5 Å². The molecule has 2 heterocycles. The second kappa shape index (κ2) is 6.10. The average molecular weight is 286 g/mol. The van der Waals surface area contributed by atoms with Crippen LogP contribution < -0.4 is 5.32 Å². The summed E-state index contributed by atoms with van der Waals surface area (Å²) in [5, 5.41) is 3.64. The van der Waals surface area contributed by atoms with Gasteiger partial charge in [0.1, 0.15) is 0 Å². The number of nitrogens with zero attached hydrogens (tertiary/aromatic N) is 1. The molecule has 1 unspecified atom stereocenters. The molecule has 1 aromatic carbocycles. The Morgan fingerprint density at radius 1 is 1.19 bits per heavy atom. The van der Waals surface area contributed by atoms with Crippen molar-refractivity contribution in [3.63, 3.8) is 0 Å². The molecule has 2 saturated heterocycles. The summed E-state index contributed by atoms with van der Waals surface area (Å²) in [4.78, 5) is 2.65. The van der Waals surface area contributed by atoms with E-state index in [-0.39, 0.29) is 0 Å². The van der Waals surface area contributed by atoms with Gasteiger partial charge < -0.3 is 10.2 Å². The summed E-state index contributed by atoms with van der Waals surface area (Å²) in [5.41, 5.74) is 3.48. The summed E-state index contributed by atoms with van der Waals surface area (Å²) < 4.78 is 0. The molecule has 21 heavy (non-hydrogen) atoms. The first-order valence-electron chi connectivity index (χ1n) is 8.62. The Bertz CT molecular complexity index is 472. The van der Waals surface area contributed by atoms with Crippen LogP contribution in [0.15, 0.2) is 24.3 Å². The van der Waals surface area contributed by atoms with Gasteiger partial charge in [-0.05, 0) is 70.6 Å². The van der Waals surface area contributed by atoms with Gasteiger partial charge in [0.25, 0.3) is 0 Å². The molecule has 1 aromatic rings. The van der Waals surface area contributed by atoms with Crippen molar-refractivity contribution in [3.8, 4) is 0 Å². The first-order chi connectivity index (χ1) is 10.1. The van der Waals surface area contributed by atoms with Crippen LogP contribution in [0, 0.1) is 12.3 Å². The number of hydrogen-bond donors (Lipinski definition) is 1. The minimum atomic E-state index is 0.532. The van der Waals surface area contributed by atoms with E-state index in [9.17, 15) is 0 Å². The normalized spacial score (nSPS) is 26.4. The number of aryl methyl sites for hydroxylation is 1. The van der Waals surface area contributed by atoms with Crippen LogP contribution in [0.2, 0.25) is 0 Å².